The summed E-state index contributed by atoms with van der Waals surface area (Å²) in [6, 6.07) is 5.18. The van der Waals surface area contributed by atoms with Crippen molar-refractivity contribution < 1.29 is 4.79 Å². The molecule has 1 fully saturated rings. The van der Waals surface area contributed by atoms with Crippen molar-refractivity contribution in [3.63, 3.8) is 0 Å². The lowest BCUT2D eigenvalue weighted by Crippen LogP contribution is -2.36. The number of nitrogens with one attached hydrogen (secondary N) is 1. The van der Waals surface area contributed by atoms with E-state index in [0.717, 1.165) is 58.0 Å². The average Bonchev–Trinajstić information content (AvgIpc) is 3.33. The van der Waals surface area contributed by atoms with Crippen LogP contribution >= 0.6 is 11.3 Å². The Balaban J connectivity index is 1.77. The van der Waals surface area contributed by atoms with Gasteiger partial charge in [0.15, 0.2) is 0 Å². The minimum atomic E-state index is -0.665. The fourth-order valence-electron chi connectivity index (χ4n) is 4.24. The van der Waals surface area contributed by atoms with Gasteiger partial charge in [0.25, 0.3) is 5.56 Å². The highest BCUT2D eigenvalue weighted by molar-refractivity contribution is 7.18. The predicted molar refractivity (Wildman–Crippen MR) is 127 cm³/mol. The number of rotatable bonds is 5. The first-order valence-corrected chi connectivity index (χ1v) is 11.7. The third-order valence-electron chi connectivity index (χ3n) is 6.50. The number of nitrogens with zero attached hydrogens (tertiary/aromatic N) is 3. The summed E-state index contributed by atoms with van der Waals surface area (Å²) < 4.78 is 1.61. The van der Waals surface area contributed by atoms with Crippen LogP contribution in [0.1, 0.15) is 53.2 Å². The first-order valence-electron chi connectivity index (χ1n) is 10.9. The molecular formula is C24H30N4O2S. The van der Waals surface area contributed by atoms with E-state index in [2.05, 4.69) is 10.2 Å². The van der Waals surface area contributed by atoms with Gasteiger partial charge in [0.05, 0.1) is 11.9 Å². The Bertz CT molecular complexity index is 1200. The lowest BCUT2D eigenvalue weighted by molar-refractivity contribution is -0.119. The van der Waals surface area contributed by atoms with E-state index in [1.165, 1.54) is 0 Å². The minimum Gasteiger partial charge on any atom is -0.324 e. The molecule has 0 aliphatic carbocycles. The number of anilines is 1. The van der Waals surface area contributed by atoms with Crippen LogP contribution in [0.2, 0.25) is 0 Å². The third-order valence-corrected chi connectivity index (χ3v) is 7.60. The molecule has 1 N–H and O–H groups in total. The lowest BCUT2D eigenvalue weighted by Gasteiger charge is -2.22. The van der Waals surface area contributed by atoms with E-state index >= 15 is 0 Å². The number of amides is 1. The van der Waals surface area contributed by atoms with Gasteiger partial charge in [-0.15, -0.1) is 11.3 Å². The zero-order valence-corrected chi connectivity index (χ0v) is 19.7. The largest absolute Gasteiger partial charge is 0.324 e. The number of benzene rings is 1. The second-order valence-corrected chi connectivity index (χ2v) is 9.77. The van der Waals surface area contributed by atoms with Gasteiger partial charge >= 0.3 is 0 Å². The molecule has 7 heteroatoms. The van der Waals surface area contributed by atoms with E-state index in [0.29, 0.717) is 17.8 Å². The van der Waals surface area contributed by atoms with Crippen molar-refractivity contribution in [2.24, 2.45) is 0 Å². The van der Waals surface area contributed by atoms with Crippen molar-refractivity contribution in [2.75, 3.05) is 18.4 Å². The van der Waals surface area contributed by atoms with Crippen molar-refractivity contribution in [3.05, 3.63) is 55.9 Å². The number of aryl methyl sites for hydroxylation is 3. The van der Waals surface area contributed by atoms with Gasteiger partial charge in [-0.05, 0) is 83.3 Å². The van der Waals surface area contributed by atoms with Crippen LogP contribution < -0.4 is 10.9 Å². The van der Waals surface area contributed by atoms with Crippen LogP contribution in [-0.4, -0.2) is 33.4 Å². The van der Waals surface area contributed by atoms with Gasteiger partial charge in [0.1, 0.15) is 16.7 Å². The number of hydrogen-bond donors (Lipinski definition) is 1. The Labute approximate surface area is 186 Å². The van der Waals surface area contributed by atoms with Crippen molar-refractivity contribution in [1.29, 1.82) is 0 Å². The average molecular weight is 439 g/mol. The molecule has 3 heterocycles. The molecule has 1 atom stereocenters. The summed E-state index contributed by atoms with van der Waals surface area (Å²) in [5.41, 5.74) is 3.77. The molecule has 1 saturated heterocycles. The number of likely N-dealkylation sites (tertiary alicyclic amines) is 1. The molecule has 0 saturated carbocycles. The molecule has 1 aliphatic heterocycles. The minimum absolute atomic E-state index is 0.121. The van der Waals surface area contributed by atoms with Gasteiger partial charge in [-0.1, -0.05) is 12.1 Å². The van der Waals surface area contributed by atoms with E-state index in [9.17, 15) is 9.59 Å². The Hall–Kier alpha value is -2.51. The maximum atomic E-state index is 13.6. The molecular weight excluding hydrogens is 408 g/mol. The van der Waals surface area contributed by atoms with E-state index in [4.69, 9.17) is 4.98 Å². The zero-order chi connectivity index (χ0) is 22.3. The van der Waals surface area contributed by atoms with Gasteiger partial charge in [-0.25, -0.2) is 4.98 Å². The Kier molecular flexibility index (Phi) is 5.99. The standard InChI is InChI=1S/C24H30N4O2S/c1-14-9-8-10-19(15(14)2)25-22(29)17(4)28-20(13-27-11-6-7-12-27)26-23-21(24(28)30)16(3)18(5)31-23/h8-10,17H,6-7,11-13H2,1-5H3,(H,25,29). The second kappa shape index (κ2) is 8.55. The fraction of sp³-hybridized carbons (Fsp3) is 0.458. The van der Waals surface area contributed by atoms with Crippen LogP contribution in [-0.2, 0) is 11.3 Å². The molecule has 4 rings (SSSR count). The summed E-state index contributed by atoms with van der Waals surface area (Å²) in [7, 11) is 0. The second-order valence-electron chi connectivity index (χ2n) is 8.56. The molecule has 1 unspecified atom stereocenters. The molecule has 164 valence electrons. The molecule has 0 spiro atoms. The summed E-state index contributed by atoms with van der Waals surface area (Å²) >= 11 is 1.56. The summed E-state index contributed by atoms with van der Waals surface area (Å²) in [5.74, 6) is 0.466. The van der Waals surface area contributed by atoms with Crippen LogP contribution in [0, 0.1) is 27.7 Å². The first kappa shape index (κ1) is 21.7. The van der Waals surface area contributed by atoms with E-state index in [1.54, 1.807) is 22.8 Å². The maximum Gasteiger partial charge on any atom is 0.263 e. The van der Waals surface area contributed by atoms with Gasteiger partial charge in [-0.3, -0.25) is 19.1 Å². The highest BCUT2D eigenvalue weighted by Crippen LogP contribution is 2.28. The van der Waals surface area contributed by atoms with Gasteiger partial charge in [0, 0.05) is 10.6 Å². The van der Waals surface area contributed by atoms with Crippen LogP contribution in [0.15, 0.2) is 23.0 Å². The first-order chi connectivity index (χ1) is 14.8. The molecule has 6 nitrogen and oxygen atoms in total. The highest BCUT2D eigenvalue weighted by atomic mass is 32.1. The monoisotopic (exact) mass is 438 g/mol. The van der Waals surface area contributed by atoms with Crippen molar-refractivity contribution in [2.45, 2.75) is 60.0 Å². The number of thiophene rings is 1. The smallest absolute Gasteiger partial charge is 0.263 e. The maximum absolute atomic E-state index is 13.6. The van der Waals surface area contributed by atoms with Crippen LogP contribution in [0.4, 0.5) is 5.69 Å². The van der Waals surface area contributed by atoms with E-state index in [1.807, 2.05) is 45.9 Å². The van der Waals surface area contributed by atoms with Crippen molar-refractivity contribution in [1.82, 2.24) is 14.5 Å². The molecule has 31 heavy (non-hydrogen) atoms. The lowest BCUT2D eigenvalue weighted by atomic mass is 10.1. The summed E-state index contributed by atoms with van der Waals surface area (Å²) in [6.45, 7) is 12.4. The summed E-state index contributed by atoms with van der Waals surface area (Å²) in [6.07, 6.45) is 2.32. The predicted octanol–water partition coefficient (Wildman–Crippen LogP) is 4.49. The molecule has 0 radical (unpaired) electrons. The Morgan fingerprint density at radius 1 is 1.16 bits per heavy atom. The molecule has 1 amide bonds. The van der Waals surface area contributed by atoms with Crippen molar-refractivity contribution in [3.8, 4) is 0 Å². The normalized spacial score (nSPS) is 15.5. The van der Waals surface area contributed by atoms with E-state index < -0.39 is 6.04 Å². The van der Waals surface area contributed by atoms with Gasteiger partial charge in [-0.2, -0.15) is 0 Å². The summed E-state index contributed by atoms with van der Waals surface area (Å²) in [4.78, 5) is 35.9. The highest BCUT2D eigenvalue weighted by Gasteiger charge is 2.26. The molecule has 0 bridgehead atoms. The number of fused-ring (bicyclic) bond motifs is 1. The third kappa shape index (κ3) is 4.04. The number of aromatic nitrogens is 2. The van der Waals surface area contributed by atoms with Crippen LogP contribution in [0.25, 0.3) is 10.2 Å². The van der Waals surface area contributed by atoms with Gasteiger partial charge < -0.3 is 5.32 Å². The molecule has 2 aromatic heterocycles. The number of hydrogen-bond acceptors (Lipinski definition) is 5. The zero-order valence-electron chi connectivity index (χ0n) is 18.9. The number of carbonyl (C=O) groups is 1. The summed E-state index contributed by atoms with van der Waals surface area (Å²) in [5, 5.41) is 3.67. The van der Waals surface area contributed by atoms with Crippen LogP contribution in [0.3, 0.4) is 0 Å². The Morgan fingerprint density at radius 2 is 1.87 bits per heavy atom. The SMILES string of the molecule is Cc1cccc(NC(=O)C(C)n2c(CN3CCCC3)nc3sc(C)c(C)c3c2=O)c1C. The quantitative estimate of drug-likeness (QED) is 0.637. The molecule has 1 aliphatic rings. The fourth-order valence-corrected chi connectivity index (χ4v) is 5.28. The topological polar surface area (TPSA) is 67.2 Å². The molecule has 3 aromatic rings. The van der Waals surface area contributed by atoms with Gasteiger partial charge in [0.2, 0.25) is 5.91 Å². The van der Waals surface area contributed by atoms with Crippen LogP contribution in [0.5, 0.6) is 0 Å². The number of carbonyl (C=O) groups excluding carboxylic acids is 1. The van der Waals surface area contributed by atoms with E-state index in [-0.39, 0.29) is 11.5 Å². The Morgan fingerprint density at radius 3 is 2.58 bits per heavy atom. The molecule has 1 aromatic carbocycles. The van der Waals surface area contributed by atoms with Crippen molar-refractivity contribution >= 4 is 33.1 Å².